The minimum absolute atomic E-state index is 0.00692. The second-order valence-electron chi connectivity index (χ2n) is 6.75. The minimum atomic E-state index is -0.319. The van der Waals surface area contributed by atoms with Crippen LogP contribution >= 0.6 is 11.8 Å². The van der Waals surface area contributed by atoms with Crippen LogP contribution in [0.2, 0.25) is 0 Å². The van der Waals surface area contributed by atoms with Crippen molar-refractivity contribution in [3.8, 4) is 11.4 Å². The van der Waals surface area contributed by atoms with E-state index in [-0.39, 0.29) is 16.9 Å². The normalized spacial score (nSPS) is 11.9. The lowest BCUT2D eigenvalue weighted by atomic mass is 10.1. The van der Waals surface area contributed by atoms with Gasteiger partial charge < -0.3 is 9.88 Å². The van der Waals surface area contributed by atoms with Crippen LogP contribution in [-0.4, -0.2) is 31.7 Å². The highest BCUT2D eigenvalue weighted by Gasteiger charge is 2.21. The number of anilines is 1. The van der Waals surface area contributed by atoms with Crippen LogP contribution < -0.4 is 5.32 Å². The van der Waals surface area contributed by atoms with E-state index in [0.29, 0.717) is 17.8 Å². The third-order valence-electron chi connectivity index (χ3n) is 4.56. The molecule has 0 bridgehead atoms. The molecule has 150 valence electrons. The molecule has 1 aromatic heterocycles. The first kappa shape index (κ1) is 20.8. The number of nitrogens with zero attached hydrogens (tertiary/aromatic N) is 3. The van der Waals surface area contributed by atoms with Crippen molar-refractivity contribution in [3.63, 3.8) is 0 Å². The van der Waals surface area contributed by atoms with Gasteiger partial charge in [-0.15, -0.1) is 10.2 Å². The number of benzene rings is 2. The van der Waals surface area contributed by atoms with Gasteiger partial charge >= 0.3 is 0 Å². The number of ketones is 1. The number of aryl methyl sites for hydroxylation is 1. The molecule has 29 heavy (non-hydrogen) atoms. The van der Waals surface area contributed by atoms with Gasteiger partial charge in [-0.2, -0.15) is 0 Å². The van der Waals surface area contributed by atoms with Gasteiger partial charge in [0.15, 0.2) is 16.8 Å². The van der Waals surface area contributed by atoms with E-state index >= 15 is 0 Å². The smallest absolute Gasteiger partial charge is 0.221 e. The Morgan fingerprint density at radius 3 is 2.41 bits per heavy atom. The first-order valence-electron chi connectivity index (χ1n) is 9.48. The molecule has 3 aromatic rings. The fourth-order valence-corrected chi connectivity index (χ4v) is 4.04. The summed E-state index contributed by atoms with van der Waals surface area (Å²) in [4.78, 5) is 24.0. The molecule has 0 unspecified atom stereocenters. The van der Waals surface area contributed by atoms with Gasteiger partial charge in [-0.05, 0) is 50.6 Å². The van der Waals surface area contributed by atoms with Crippen LogP contribution in [0.15, 0.2) is 53.7 Å². The number of amides is 1. The second-order valence-corrected chi connectivity index (χ2v) is 8.06. The van der Waals surface area contributed by atoms with Crippen molar-refractivity contribution in [2.75, 3.05) is 5.32 Å². The summed E-state index contributed by atoms with van der Waals surface area (Å²) >= 11 is 1.40. The predicted molar refractivity (Wildman–Crippen MR) is 116 cm³/mol. The number of rotatable bonds is 7. The van der Waals surface area contributed by atoms with Gasteiger partial charge in [0, 0.05) is 30.3 Å². The first-order valence-corrected chi connectivity index (χ1v) is 10.4. The molecular formula is C22H24N4O2S. The lowest BCUT2D eigenvalue weighted by Gasteiger charge is -2.12. The molecule has 0 saturated carbocycles. The largest absolute Gasteiger partial charge is 0.326 e. The van der Waals surface area contributed by atoms with Crippen LogP contribution in [0.5, 0.6) is 0 Å². The summed E-state index contributed by atoms with van der Waals surface area (Å²) in [6, 6.07) is 15.0. The van der Waals surface area contributed by atoms with E-state index in [4.69, 9.17) is 0 Å². The van der Waals surface area contributed by atoms with E-state index in [1.165, 1.54) is 18.7 Å². The fourth-order valence-electron chi connectivity index (χ4n) is 3.05. The Balaban J connectivity index is 1.78. The Morgan fingerprint density at radius 2 is 1.79 bits per heavy atom. The van der Waals surface area contributed by atoms with Crippen LogP contribution in [-0.2, 0) is 11.3 Å². The Labute approximate surface area is 174 Å². The number of carbonyl (C=O) groups is 2. The molecule has 0 fully saturated rings. The van der Waals surface area contributed by atoms with E-state index in [9.17, 15) is 9.59 Å². The molecule has 1 atom stereocenters. The molecule has 0 aliphatic carbocycles. The van der Waals surface area contributed by atoms with Gasteiger partial charge in [0.2, 0.25) is 5.91 Å². The summed E-state index contributed by atoms with van der Waals surface area (Å²) in [6.45, 7) is 8.13. The summed E-state index contributed by atoms with van der Waals surface area (Å²) < 4.78 is 2.04. The van der Waals surface area contributed by atoms with Crippen LogP contribution in [0.3, 0.4) is 0 Å². The van der Waals surface area contributed by atoms with Gasteiger partial charge in [-0.25, -0.2) is 0 Å². The van der Waals surface area contributed by atoms with Crippen LogP contribution in [0, 0.1) is 6.92 Å². The van der Waals surface area contributed by atoms with Crippen molar-refractivity contribution >= 4 is 29.1 Å². The van der Waals surface area contributed by atoms with E-state index in [2.05, 4.69) is 15.5 Å². The molecule has 3 rings (SSSR count). The molecule has 6 nitrogen and oxygen atoms in total. The predicted octanol–water partition coefficient (Wildman–Crippen LogP) is 4.60. The number of aromatic nitrogens is 3. The molecule has 0 radical (unpaired) electrons. The topological polar surface area (TPSA) is 76.9 Å². The molecule has 2 aromatic carbocycles. The first-order chi connectivity index (χ1) is 13.9. The van der Waals surface area contributed by atoms with Crippen molar-refractivity contribution in [2.24, 2.45) is 0 Å². The summed E-state index contributed by atoms with van der Waals surface area (Å²) in [6.07, 6.45) is 0. The Morgan fingerprint density at radius 1 is 1.10 bits per heavy atom. The number of thioether (sulfide) groups is 1. The summed E-state index contributed by atoms with van der Waals surface area (Å²) in [5.41, 5.74) is 3.44. The van der Waals surface area contributed by atoms with Crippen molar-refractivity contribution in [1.82, 2.24) is 14.8 Å². The molecule has 0 aliphatic heterocycles. The van der Waals surface area contributed by atoms with Crippen molar-refractivity contribution < 1.29 is 9.59 Å². The Hall–Kier alpha value is -2.93. The zero-order valence-electron chi connectivity index (χ0n) is 17.0. The molecular weight excluding hydrogens is 384 g/mol. The third-order valence-corrected chi connectivity index (χ3v) is 5.64. The second kappa shape index (κ2) is 9.05. The summed E-state index contributed by atoms with van der Waals surface area (Å²) in [5.74, 6) is 0.677. The van der Waals surface area contributed by atoms with E-state index < -0.39 is 0 Å². The highest BCUT2D eigenvalue weighted by atomic mass is 32.2. The van der Waals surface area contributed by atoms with Crippen molar-refractivity contribution in [2.45, 2.75) is 44.6 Å². The Bertz CT molecular complexity index is 1030. The maximum atomic E-state index is 12.8. The van der Waals surface area contributed by atoms with Gasteiger partial charge in [0.25, 0.3) is 0 Å². The molecule has 0 aliphatic rings. The maximum Gasteiger partial charge on any atom is 0.221 e. The zero-order valence-corrected chi connectivity index (χ0v) is 17.8. The molecule has 1 N–H and O–H groups in total. The maximum absolute atomic E-state index is 12.8. The average molecular weight is 409 g/mol. The van der Waals surface area contributed by atoms with Gasteiger partial charge in [0.1, 0.15) is 0 Å². The number of hydrogen-bond donors (Lipinski definition) is 1. The summed E-state index contributed by atoms with van der Waals surface area (Å²) in [7, 11) is 0. The van der Waals surface area contributed by atoms with E-state index in [0.717, 1.165) is 22.1 Å². The standard InChI is InChI=1S/C22H24N4O2S/c1-5-26-21(19-9-7-6-8-14(19)2)24-25-22(26)29-15(3)20(28)17-10-12-18(13-11-17)23-16(4)27/h6-13,15H,5H2,1-4H3,(H,23,27)/t15-/m0/s1. The van der Waals surface area contributed by atoms with Crippen LogP contribution in [0.1, 0.15) is 36.7 Å². The molecule has 7 heteroatoms. The summed E-state index contributed by atoms with van der Waals surface area (Å²) in [5, 5.41) is 11.8. The van der Waals surface area contributed by atoms with Gasteiger partial charge in [0.05, 0.1) is 5.25 Å². The van der Waals surface area contributed by atoms with Crippen LogP contribution in [0.4, 0.5) is 5.69 Å². The average Bonchev–Trinajstić information content (AvgIpc) is 3.10. The highest BCUT2D eigenvalue weighted by molar-refractivity contribution is 8.00. The van der Waals surface area contributed by atoms with E-state index in [1.54, 1.807) is 24.3 Å². The van der Waals surface area contributed by atoms with Crippen molar-refractivity contribution in [1.29, 1.82) is 0 Å². The lowest BCUT2D eigenvalue weighted by Crippen LogP contribution is -2.15. The zero-order chi connectivity index (χ0) is 21.0. The van der Waals surface area contributed by atoms with Gasteiger partial charge in [-0.3, -0.25) is 9.59 Å². The highest BCUT2D eigenvalue weighted by Crippen LogP contribution is 2.29. The Kier molecular flexibility index (Phi) is 6.49. The molecule has 1 heterocycles. The SMILES string of the molecule is CCn1c(S[C@@H](C)C(=O)c2ccc(NC(C)=O)cc2)nnc1-c1ccccc1C. The monoisotopic (exact) mass is 408 g/mol. The van der Waals surface area contributed by atoms with Crippen LogP contribution in [0.25, 0.3) is 11.4 Å². The number of nitrogens with one attached hydrogen (secondary N) is 1. The number of Topliss-reactive ketones (excluding diaryl/α,β-unsaturated/α-hetero) is 1. The van der Waals surface area contributed by atoms with Crippen molar-refractivity contribution in [3.05, 3.63) is 59.7 Å². The van der Waals surface area contributed by atoms with E-state index in [1.807, 2.05) is 49.6 Å². The minimum Gasteiger partial charge on any atom is -0.326 e. The van der Waals surface area contributed by atoms with Gasteiger partial charge in [-0.1, -0.05) is 36.0 Å². The third kappa shape index (κ3) is 4.74. The number of hydrogen-bond acceptors (Lipinski definition) is 5. The molecule has 0 spiro atoms. The quantitative estimate of drug-likeness (QED) is 0.457. The lowest BCUT2D eigenvalue weighted by molar-refractivity contribution is -0.114. The fraction of sp³-hybridized carbons (Fsp3) is 0.273. The molecule has 1 amide bonds. The number of carbonyl (C=O) groups excluding carboxylic acids is 2. The molecule has 0 saturated heterocycles.